The van der Waals surface area contributed by atoms with E-state index in [0.717, 1.165) is 44.7 Å². The van der Waals surface area contributed by atoms with Gasteiger partial charge in [-0.3, -0.25) is 5.10 Å². The minimum absolute atomic E-state index is 0.0152. The third-order valence-electron chi connectivity index (χ3n) is 5.60. The van der Waals surface area contributed by atoms with E-state index in [1.165, 1.54) is 26.0 Å². The van der Waals surface area contributed by atoms with Gasteiger partial charge in [0.05, 0.1) is 21.4 Å². The van der Waals surface area contributed by atoms with Crippen molar-refractivity contribution in [2.24, 2.45) is 0 Å². The van der Waals surface area contributed by atoms with E-state index in [1.54, 1.807) is 0 Å². The quantitative estimate of drug-likeness (QED) is 0.545. The third kappa shape index (κ3) is 5.36. The number of benzene rings is 1. The summed E-state index contributed by atoms with van der Waals surface area (Å²) < 4.78 is 54.3. The number of aromatic nitrogens is 2. The van der Waals surface area contributed by atoms with Crippen molar-refractivity contribution in [2.75, 3.05) is 44.1 Å². The Kier molecular flexibility index (Phi) is 8.03. The van der Waals surface area contributed by atoms with Crippen LogP contribution in [0.2, 0.25) is 10.0 Å². The summed E-state index contributed by atoms with van der Waals surface area (Å²) in [6.45, 7) is 4.54. The van der Waals surface area contributed by atoms with Gasteiger partial charge in [0, 0.05) is 26.2 Å². The molecule has 1 N–H and O–H groups in total. The van der Waals surface area contributed by atoms with Crippen LogP contribution >= 0.6 is 23.2 Å². The van der Waals surface area contributed by atoms with E-state index in [2.05, 4.69) is 27.0 Å². The lowest BCUT2D eigenvalue weighted by Crippen LogP contribution is -2.44. The molecule has 1 saturated heterocycles. The molecule has 1 aromatic heterocycles. The number of aromatic amines is 1. The normalized spacial score (nSPS) is 16.1. The Morgan fingerprint density at radius 1 is 1.16 bits per heavy atom. The number of hydrogen-bond acceptors (Lipinski definition) is 5. The molecule has 0 bridgehead atoms. The number of alkyl halides is 2. The Morgan fingerprint density at radius 2 is 1.75 bits per heavy atom. The van der Waals surface area contributed by atoms with Crippen molar-refractivity contribution in [1.29, 1.82) is 0 Å². The maximum absolute atomic E-state index is 13.9. The van der Waals surface area contributed by atoms with Gasteiger partial charge in [0.15, 0.2) is 0 Å². The van der Waals surface area contributed by atoms with Gasteiger partial charge in [-0.2, -0.15) is 13.9 Å². The Hall–Kier alpha value is -1.46. The molecule has 0 spiro atoms. The molecular weight excluding hydrogens is 483 g/mol. The largest absolute Gasteiger partial charge is 0.328 e. The molecule has 1 fully saturated rings. The van der Waals surface area contributed by atoms with Crippen LogP contribution in [0.5, 0.6) is 0 Å². The zero-order chi connectivity index (χ0) is 23.6. The van der Waals surface area contributed by atoms with Crippen molar-refractivity contribution < 1.29 is 17.2 Å². The average molecular weight is 510 g/mol. The summed E-state index contributed by atoms with van der Waals surface area (Å²) in [6, 6.07) is 2.98. The molecule has 178 valence electrons. The highest BCUT2D eigenvalue weighted by molar-refractivity contribution is 7.93. The summed E-state index contributed by atoms with van der Waals surface area (Å²) in [7, 11) is -2.64. The van der Waals surface area contributed by atoms with Crippen molar-refractivity contribution in [3.63, 3.8) is 0 Å². The molecule has 1 aromatic carbocycles. The van der Waals surface area contributed by atoms with Crippen LogP contribution in [-0.2, 0) is 16.4 Å². The summed E-state index contributed by atoms with van der Waals surface area (Å²) in [5.41, 5.74) is 0.856. The zero-order valence-corrected chi connectivity index (χ0v) is 20.5. The molecule has 0 amide bonds. The first-order chi connectivity index (χ1) is 15.0. The molecule has 0 radical (unpaired) electrons. The number of aryl methyl sites for hydroxylation is 3. The van der Waals surface area contributed by atoms with E-state index >= 15 is 0 Å². The number of H-pyrrole nitrogens is 1. The molecule has 3 rings (SSSR count). The Bertz CT molecular complexity index is 1010. The van der Waals surface area contributed by atoms with E-state index in [-0.39, 0.29) is 31.4 Å². The van der Waals surface area contributed by atoms with Crippen LogP contribution in [0.15, 0.2) is 17.0 Å². The fourth-order valence-electron chi connectivity index (χ4n) is 3.87. The van der Waals surface area contributed by atoms with E-state index in [9.17, 15) is 17.2 Å². The first-order valence-corrected chi connectivity index (χ1v) is 12.4. The number of halogens is 4. The molecule has 0 unspecified atom stereocenters. The number of nitrogens with zero attached hydrogens (tertiary/aromatic N) is 4. The lowest BCUT2D eigenvalue weighted by molar-refractivity contribution is 0.153. The maximum atomic E-state index is 13.9. The fourth-order valence-corrected chi connectivity index (χ4v) is 6.52. The van der Waals surface area contributed by atoms with Crippen molar-refractivity contribution in [2.45, 2.75) is 38.1 Å². The fraction of sp³-hybridized carbons (Fsp3) is 0.550. The summed E-state index contributed by atoms with van der Waals surface area (Å²) in [5, 5.41) is 5.98. The Labute approximate surface area is 197 Å². The van der Waals surface area contributed by atoms with Gasteiger partial charge in [-0.05, 0) is 58.0 Å². The van der Waals surface area contributed by atoms with E-state index in [0.29, 0.717) is 6.42 Å². The molecule has 12 heteroatoms. The highest BCUT2D eigenvalue weighted by atomic mass is 35.5. The van der Waals surface area contributed by atoms with Gasteiger partial charge in [-0.15, -0.1) is 0 Å². The minimum Gasteiger partial charge on any atom is -0.304 e. The highest BCUT2D eigenvalue weighted by Crippen LogP contribution is 2.38. The second-order valence-electron chi connectivity index (χ2n) is 8.00. The predicted octanol–water partition coefficient (Wildman–Crippen LogP) is 3.93. The van der Waals surface area contributed by atoms with Gasteiger partial charge in [0.25, 0.3) is 10.0 Å². The molecule has 2 heterocycles. The van der Waals surface area contributed by atoms with Gasteiger partial charge >= 0.3 is 6.55 Å². The van der Waals surface area contributed by atoms with E-state index in [1.807, 2.05) is 0 Å². The van der Waals surface area contributed by atoms with Crippen LogP contribution in [0.25, 0.3) is 0 Å². The van der Waals surface area contributed by atoms with Crippen LogP contribution in [0.3, 0.4) is 0 Å². The van der Waals surface area contributed by atoms with Gasteiger partial charge in [0.2, 0.25) is 0 Å². The molecule has 1 aliphatic rings. The van der Waals surface area contributed by atoms with Crippen molar-refractivity contribution >= 4 is 38.9 Å². The monoisotopic (exact) mass is 509 g/mol. The summed E-state index contributed by atoms with van der Waals surface area (Å²) in [4.78, 5) is 4.12. The standard InChI is InChI=1S/C20H27Cl2F2N5O2S/c1-13-18(14(2)26-25-13)29(20(23)24)32(30,31)19-16(21)11-15(12-17(19)22)5-4-6-28-9-7-27(3)8-10-28/h11-12,20H,4-10H2,1-3H3,(H,25,26). The van der Waals surface area contributed by atoms with Gasteiger partial charge in [0.1, 0.15) is 10.6 Å². The van der Waals surface area contributed by atoms with E-state index in [4.69, 9.17) is 23.2 Å². The average Bonchev–Trinajstić information content (AvgIpc) is 3.01. The number of sulfonamides is 1. The van der Waals surface area contributed by atoms with Crippen LogP contribution in [0.1, 0.15) is 23.4 Å². The molecule has 1 aliphatic heterocycles. The highest BCUT2D eigenvalue weighted by Gasteiger charge is 2.38. The maximum Gasteiger partial charge on any atom is 0.328 e. The molecular formula is C20H27Cl2F2N5O2S. The SMILES string of the molecule is Cc1n[nH]c(C)c1N(C(F)F)S(=O)(=O)c1c(Cl)cc(CCCN2CCN(C)CC2)cc1Cl. The van der Waals surface area contributed by atoms with Crippen LogP contribution in [-0.4, -0.2) is 74.7 Å². The summed E-state index contributed by atoms with van der Waals surface area (Å²) >= 11 is 12.6. The number of hydrogen-bond donors (Lipinski definition) is 1. The topological polar surface area (TPSA) is 72.5 Å². The molecule has 32 heavy (non-hydrogen) atoms. The molecule has 7 nitrogen and oxygen atoms in total. The Morgan fingerprint density at radius 3 is 2.25 bits per heavy atom. The number of rotatable bonds is 8. The summed E-state index contributed by atoms with van der Waals surface area (Å²) in [5.74, 6) is 0. The van der Waals surface area contributed by atoms with Crippen LogP contribution in [0.4, 0.5) is 14.5 Å². The van der Waals surface area contributed by atoms with Crippen LogP contribution in [0, 0.1) is 13.8 Å². The first-order valence-electron chi connectivity index (χ1n) is 10.3. The number of nitrogens with one attached hydrogen (secondary N) is 1. The van der Waals surface area contributed by atoms with Crippen molar-refractivity contribution in [3.05, 3.63) is 39.1 Å². The van der Waals surface area contributed by atoms with Crippen LogP contribution < -0.4 is 4.31 Å². The van der Waals surface area contributed by atoms with Gasteiger partial charge < -0.3 is 9.80 Å². The molecule has 0 saturated carbocycles. The second-order valence-corrected chi connectivity index (χ2v) is 10.6. The molecule has 0 atom stereocenters. The first kappa shape index (κ1) is 25.2. The van der Waals surface area contributed by atoms with Gasteiger partial charge in [-0.1, -0.05) is 23.2 Å². The smallest absolute Gasteiger partial charge is 0.304 e. The van der Waals surface area contributed by atoms with Gasteiger partial charge in [-0.25, -0.2) is 12.7 Å². The molecule has 2 aromatic rings. The second kappa shape index (κ2) is 10.2. The predicted molar refractivity (Wildman–Crippen MR) is 122 cm³/mol. The lowest BCUT2D eigenvalue weighted by Gasteiger charge is -2.32. The zero-order valence-electron chi connectivity index (χ0n) is 18.2. The lowest BCUT2D eigenvalue weighted by atomic mass is 10.1. The number of likely N-dealkylation sites (N-methyl/N-ethyl adjacent to an activating group) is 1. The number of piperazine rings is 1. The summed E-state index contributed by atoms with van der Waals surface area (Å²) in [6.07, 6.45) is 1.49. The minimum atomic E-state index is -4.74. The van der Waals surface area contributed by atoms with Crippen molar-refractivity contribution in [1.82, 2.24) is 20.0 Å². The molecule has 0 aliphatic carbocycles. The third-order valence-corrected chi connectivity index (χ3v) is 8.23. The van der Waals surface area contributed by atoms with E-state index < -0.39 is 21.5 Å². The Balaban J connectivity index is 1.81. The van der Waals surface area contributed by atoms with Crippen molar-refractivity contribution in [3.8, 4) is 0 Å². The number of anilines is 1.